The molecule has 0 aliphatic carbocycles. The number of aryl methyl sites for hydroxylation is 3. The van der Waals surface area contributed by atoms with Gasteiger partial charge in [0.15, 0.2) is 5.82 Å². The molecule has 1 radical (unpaired) electrons. The first-order chi connectivity index (χ1) is 12.5. The van der Waals surface area contributed by atoms with Crippen molar-refractivity contribution < 1.29 is 20.1 Å². The number of imidazole rings is 1. The first-order valence-electron chi connectivity index (χ1n) is 8.48. The van der Waals surface area contributed by atoms with Crippen molar-refractivity contribution in [3.8, 4) is 5.82 Å². The minimum Gasteiger partial charge on any atom is -0.338 e. The first kappa shape index (κ1) is 18.4. The molecule has 3 heterocycles. The van der Waals surface area contributed by atoms with Crippen LogP contribution in [0.15, 0.2) is 47.1 Å². The number of nitrogens with zero attached hydrogens (tertiary/aromatic N) is 4. The van der Waals surface area contributed by atoms with E-state index in [-0.39, 0.29) is 20.1 Å². The van der Waals surface area contributed by atoms with Crippen LogP contribution in [0.1, 0.15) is 17.0 Å². The number of halogens is 1. The molecule has 0 aliphatic heterocycles. The van der Waals surface area contributed by atoms with E-state index >= 15 is 0 Å². The molecule has 137 valence electrons. The molecule has 0 aliphatic rings. The molecule has 6 heteroatoms. The Labute approximate surface area is 178 Å². The van der Waals surface area contributed by atoms with Crippen LogP contribution in [0.2, 0.25) is 0 Å². The quantitative estimate of drug-likeness (QED) is 0.194. The fourth-order valence-corrected chi connectivity index (χ4v) is 4.36. The summed E-state index contributed by atoms with van der Waals surface area (Å²) in [6.07, 6.45) is 2.07. The molecule has 3 aromatic heterocycles. The maximum absolute atomic E-state index is 4.92. The van der Waals surface area contributed by atoms with Gasteiger partial charge in [-0.05, 0) is 49.9 Å². The maximum atomic E-state index is 4.92. The van der Waals surface area contributed by atoms with Crippen molar-refractivity contribution >= 4 is 43.3 Å². The van der Waals surface area contributed by atoms with Crippen molar-refractivity contribution in [1.82, 2.24) is 19.2 Å². The summed E-state index contributed by atoms with van der Waals surface area (Å²) in [5.41, 5.74) is 5.32. The van der Waals surface area contributed by atoms with Crippen LogP contribution in [-0.2, 0) is 20.1 Å². The van der Waals surface area contributed by atoms with Crippen LogP contribution in [0.3, 0.4) is 0 Å². The largest absolute Gasteiger partial charge is 0.338 e. The standard InChI is InChI=1S/C21H16BrN4.Ir/c1-12-8-15(22)10-18-16-6-4-5-7-17(16)21-23-19(11-25(21)20(12)18)26-14(3)9-13(2)24-26;/h4-6,8-11H,1-3H3;/q-1;. The molecule has 0 saturated carbocycles. The molecule has 0 N–H and O–H groups in total. The van der Waals surface area contributed by atoms with Crippen LogP contribution in [-0.4, -0.2) is 19.2 Å². The summed E-state index contributed by atoms with van der Waals surface area (Å²) in [5, 5.41) is 7.96. The zero-order valence-electron chi connectivity index (χ0n) is 15.0. The van der Waals surface area contributed by atoms with Gasteiger partial charge in [0.1, 0.15) is 0 Å². The molecule has 5 aromatic rings. The summed E-state index contributed by atoms with van der Waals surface area (Å²) in [7, 11) is 0. The van der Waals surface area contributed by atoms with Crippen molar-refractivity contribution in [2.45, 2.75) is 20.8 Å². The number of pyridine rings is 1. The summed E-state index contributed by atoms with van der Waals surface area (Å²) in [4.78, 5) is 4.92. The van der Waals surface area contributed by atoms with E-state index in [9.17, 15) is 0 Å². The molecule has 4 nitrogen and oxygen atoms in total. The molecule has 0 spiro atoms. The molecule has 0 atom stereocenters. The summed E-state index contributed by atoms with van der Waals surface area (Å²) in [6.45, 7) is 6.18. The van der Waals surface area contributed by atoms with Crippen molar-refractivity contribution in [3.63, 3.8) is 0 Å². The Bertz CT molecular complexity index is 1330. The number of hydrogen-bond acceptors (Lipinski definition) is 2. The Balaban J connectivity index is 0.00000180. The van der Waals surface area contributed by atoms with E-state index in [0.717, 1.165) is 43.6 Å². The minimum atomic E-state index is 0. The molecule has 0 fully saturated rings. The van der Waals surface area contributed by atoms with Crippen LogP contribution in [0.5, 0.6) is 0 Å². The van der Waals surface area contributed by atoms with Gasteiger partial charge in [0, 0.05) is 42.0 Å². The number of rotatable bonds is 1. The molecular weight excluding hydrogens is 580 g/mol. The molecule has 0 bridgehead atoms. The summed E-state index contributed by atoms with van der Waals surface area (Å²) in [5.74, 6) is 0.823. The van der Waals surface area contributed by atoms with E-state index in [1.54, 1.807) is 0 Å². The Kier molecular flexibility index (Phi) is 4.45. The monoisotopic (exact) mass is 596 g/mol. The van der Waals surface area contributed by atoms with Crippen LogP contribution >= 0.6 is 15.9 Å². The molecular formula is C21H16BrIrN4-. The zero-order chi connectivity index (χ0) is 18.0. The van der Waals surface area contributed by atoms with Crippen LogP contribution in [0, 0.1) is 26.8 Å². The van der Waals surface area contributed by atoms with Gasteiger partial charge in [-0.2, -0.15) is 5.10 Å². The molecule has 0 unspecified atom stereocenters. The number of hydrogen-bond donors (Lipinski definition) is 0. The third kappa shape index (κ3) is 2.75. The van der Waals surface area contributed by atoms with Crippen LogP contribution in [0.25, 0.3) is 33.1 Å². The summed E-state index contributed by atoms with van der Waals surface area (Å²) in [6, 6.07) is 15.9. The van der Waals surface area contributed by atoms with E-state index < -0.39 is 0 Å². The topological polar surface area (TPSA) is 35.1 Å². The van der Waals surface area contributed by atoms with E-state index in [2.05, 4.69) is 75.8 Å². The number of benzene rings is 2. The fourth-order valence-electron chi connectivity index (χ4n) is 3.78. The van der Waals surface area contributed by atoms with E-state index in [0.29, 0.717) is 0 Å². The third-order valence-corrected chi connectivity index (χ3v) is 5.25. The molecule has 0 amide bonds. The fraction of sp³-hybridized carbons (Fsp3) is 0.143. The first-order valence-corrected chi connectivity index (χ1v) is 9.27. The number of aromatic nitrogens is 4. The van der Waals surface area contributed by atoms with Crippen LogP contribution in [0.4, 0.5) is 0 Å². The third-order valence-electron chi connectivity index (χ3n) is 4.80. The van der Waals surface area contributed by atoms with E-state index in [1.807, 2.05) is 23.7 Å². The average molecular weight is 597 g/mol. The van der Waals surface area contributed by atoms with Crippen LogP contribution < -0.4 is 0 Å². The molecule has 2 aromatic carbocycles. The molecule has 27 heavy (non-hydrogen) atoms. The maximum Gasteiger partial charge on any atom is 0.162 e. The van der Waals surface area contributed by atoms with Gasteiger partial charge in [0.25, 0.3) is 0 Å². The number of fused-ring (bicyclic) bond motifs is 6. The van der Waals surface area contributed by atoms with Gasteiger partial charge in [0.2, 0.25) is 0 Å². The van der Waals surface area contributed by atoms with E-state index in [1.165, 1.54) is 10.9 Å². The van der Waals surface area contributed by atoms with Crippen molar-refractivity contribution in [3.05, 3.63) is 70.1 Å². The Morgan fingerprint density at radius 3 is 2.63 bits per heavy atom. The summed E-state index contributed by atoms with van der Waals surface area (Å²) < 4.78 is 5.14. The Morgan fingerprint density at radius 2 is 1.89 bits per heavy atom. The Morgan fingerprint density at radius 1 is 1.07 bits per heavy atom. The van der Waals surface area contributed by atoms with Gasteiger partial charge >= 0.3 is 0 Å². The SMILES string of the molecule is Cc1cc(C)n(-c2cn3c(n2)c2[c-]cccc2c2cc(Br)cc(C)c23)n1.[Ir]. The van der Waals surface area contributed by atoms with Crippen molar-refractivity contribution in [1.29, 1.82) is 0 Å². The van der Waals surface area contributed by atoms with Gasteiger partial charge in [-0.3, -0.25) is 4.98 Å². The second-order valence-electron chi connectivity index (χ2n) is 6.71. The zero-order valence-corrected chi connectivity index (χ0v) is 19.0. The molecule has 0 saturated heterocycles. The van der Waals surface area contributed by atoms with Gasteiger partial charge in [-0.15, -0.1) is 29.7 Å². The average Bonchev–Trinajstić information content (AvgIpc) is 3.17. The second kappa shape index (κ2) is 6.55. The van der Waals surface area contributed by atoms with Crippen molar-refractivity contribution in [2.75, 3.05) is 0 Å². The van der Waals surface area contributed by atoms with E-state index in [4.69, 9.17) is 4.98 Å². The summed E-state index contributed by atoms with van der Waals surface area (Å²) >= 11 is 3.64. The van der Waals surface area contributed by atoms with Gasteiger partial charge in [-0.1, -0.05) is 21.3 Å². The predicted molar refractivity (Wildman–Crippen MR) is 108 cm³/mol. The minimum absolute atomic E-state index is 0. The van der Waals surface area contributed by atoms with Gasteiger partial charge < -0.3 is 4.40 Å². The Hall–Kier alpha value is -2.01. The second-order valence-corrected chi connectivity index (χ2v) is 7.62. The van der Waals surface area contributed by atoms with Crippen molar-refractivity contribution in [2.24, 2.45) is 0 Å². The molecule has 5 rings (SSSR count). The normalized spacial score (nSPS) is 11.4. The predicted octanol–water partition coefficient (Wildman–Crippen LogP) is 5.31. The smallest absolute Gasteiger partial charge is 0.162 e. The van der Waals surface area contributed by atoms with Gasteiger partial charge in [-0.25, -0.2) is 4.68 Å². The van der Waals surface area contributed by atoms with Gasteiger partial charge in [0.05, 0.1) is 11.3 Å².